The van der Waals surface area contributed by atoms with E-state index in [0.29, 0.717) is 24.0 Å². The fraction of sp³-hybridized carbons (Fsp3) is 0.273. The second-order valence-corrected chi connectivity index (χ2v) is 7.98. The van der Waals surface area contributed by atoms with E-state index in [-0.39, 0.29) is 5.91 Å². The summed E-state index contributed by atoms with van der Waals surface area (Å²) in [6.07, 6.45) is 1.79. The normalized spacial score (nSPS) is 14.0. The molecule has 30 heavy (non-hydrogen) atoms. The SMILES string of the molecule is COc1ccc(N2CCN(C(=O)CSc3nc(-c4ccccc4)cn3N)CC2)cc1. The van der Waals surface area contributed by atoms with Crippen LogP contribution in [0.2, 0.25) is 0 Å². The Balaban J connectivity index is 1.29. The fourth-order valence-electron chi connectivity index (χ4n) is 3.46. The number of carbonyl (C=O) groups excluding carboxylic acids is 1. The second kappa shape index (κ2) is 9.13. The molecular formula is C22H25N5O2S. The second-order valence-electron chi connectivity index (χ2n) is 7.04. The number of amides is 1. The molecule has 0 radical (unpaired) electrons. The molecule has 0 unspecified atom stereocenters. The van der Waals surface area contributed by atoms with Crippen LogP contribution in [-0.4, -0.2) is 59.5 Å². The molecule has 1 aliphatic rings. The molecule has 0 bridgehead atoms. The highest BCUT2D eigenvalue weighted by atomic mass is 32.2. The number of hydrogen-bond acceptors (Lipinski definition) is 6. The van der Waals surface area contributed by atoms with Crippen LogP contribution in [0.3, 0.4) is 0 Å². The van der Waals surface area contributed by atoms with Crippen molar-refractivity contribution in [2.45, 2.75) is 5.16 Å². The molecule has 1 aliphatic heterocycles. The van der Waals surface area contributed by atoms with E-state index in [4.69, 9.17) is 10.6 Å². The zero-order valence-corrected chi connectivity index (χ0v) is 17.7. The van der Waals surface area contributed by atoms with Crippen LogP contribution in [0.1, 0.15) is 0 Å². The van der Waals surface area contributed by atoms with Gasteiger partial charge in [0.1, 0.15) is 5.75 Å². The molecule has 1 amide bonds. The molecule has 0 spiro atoms. The topological polar surface area (TPSA) is 76.6 Å². The Morgan fingerprint density at radius 1 is 1.07 bits per heavy atom. The largest absolute Gasteiger partial charge is 0.497 e. The summed E-state index contributed by atoms with van der Waals surface area (Å²) >= 11 is 1.37. The first-order chi connectivity index (χ1) is 14.6. The monoisotopic (exact) mass is 423 g/mol. The smallest absolute Gasteiger partial charge is 0.233 e. The quantitative estimate of drug-likeness (QED) is 0.485. The van der Waals surface area contributed by atoms with Crippen LogP contribution in [0.15, 0.2) is 66.0 Å². The maximum Gasteiger partial charge on any atom is 0.233 e. The van der Waals surface area contributed by atoms with Crippen molar-refractivity contribution in [2.24, 2.45) is 0 Å². The number of thioether (sulfide) groups is 1. The number of rotatable bonds is 6. The molecule has 0 saturated carbocycles. The van der Waals surface area contributed by atoms with Crippen LogP contribution in [0.25, 0.3) is 11.3 Å². The number of aromatic nitrogens is 2. The third-order valence-corrected chi connectivity index (χ3v) is 6.11. The Morgan fingerprint density at radius 3 is 2.43 bits per heavy atom. The van der Waals surface area contributed by atoms with E-state index < -0.39 is 0 Å². The van der Waals surface area contributed by atoms with Gasteiger partial charge in [0.15, 0.2) is 5.16 Å². The van der Waals surface area contributed by atoms with E-state index in [0.717, 1.165) is 35.8 Å². The van der Waals surface area contributed by atoms with Crippen molar-refractivity contribution in [1.82, 2.24) is 14.6 Å². The third kappa shape index (κ3) is 4.54. The van der Waals surface area contributed by atoms with E-state index in [9.17, 15) is 4.79 Å². The van der Waals surface area contributed by atoms with Crippen LogP contribution in [-0.2, 0) is 4.79 Å². The van der Waals surface area contributed by atoms with Crippen molar-refractivity contribution in [2.75, 3.05) is 49.8 Å². The predicted molar refractivity (Wildman–Crippen MR) is 120 cm³/mol. The van der Waals surface area contributed by atoms with E-state index in [1.807, 2.05) is 47.4 Å². The zero-order valence-electron chi connectivity index (χ0n) is 16.9. The maximum atomic E-state index is 12.7. The van der Waals surface area contributed by atoms with Gasteiger partial charge < -0.3 is 20.4 Å². The van der Waals surface area contributed by atoms with Crippen molar-refractivity contribution in [1.29, 1.82) is 0 Å². The Kier molecular flexibility index (Phi) is 6.13. The minimum absolute atomic E-state index is 0.110. The van der Waals surface area contributed by atoms with E-state index in [2.05, 4.69) is 22.0 Å². The summed E-state index contributed by atoms with van der Waals surface area (Å²) in [6.45, 7) is 3.04. The number of methoxy groups -OCH3 is 1. The number of anilines is 1. The summed E-state index contributed by atoms with van der Waals surface area (Å²) in [6, 6.07) is 17.9. The zero-order chi connectivity index (χ0) is 20.9. The van der Waals surface area contributed by atoms with Crippen LogP contribution < -0.4 is 15.5 Å². The number of benzene rings is 2. The van der Waals surface area contributed by atoms with Gasteiger partial charge in [0, 0.05) is 37.4 Å². The number of nitrogens with zero attached hydrogens (tertiary/aromatic N) is 4. The highest BCUT2D eigenvalue weighted by Crippen LogP contribution is 2.24. The number of nitrogens with two attached hydrogens (primary N) is 1. The minimum Gasteiger partial charge on any atom is -0.497 e. The molecule has 2 heterocycles. The molecule has 3 aromatic rings. The summed E-state index contributed by atoms with van der Waals surface area (Å²) in [4.78, 5) is 21.5. The lowest BCUT2D eigenvalue weighted by Gasteiger charge is -2.36. The molecule has 8 heteroatoms. The minimum atomic E-state index is 0.110. The average Bonchev–Trinajstić information content (AvgIpc) is 3.19. The molecule has 156 valence electrons. The predicted octanol–water partition coefficient (Wildman–Crippen LogP) is 2.71. The first kappa shape index (κ1) is 20.2. The van der Waals surface area contributed by atoms with Crippen molar-refractivity contribution in [3.63, 3.8) is 0 Å². The van der Waals surface area contributed by atoms with Crippen LogP contribution in [0.5, 0.6) is 5.75 Å². The van der Waals surface area contributed by atoms with Crippen LogP contribution in [0.4, 0.5) is 5.69 Å². The first-order valence-electron chi connectivity index (χ1n) is 9.83. The molecule has 1 saturated heterocycles. The van der Waals surface area contributed by atoms with Crippen molar-refractivity contribution in [3.8, 4) is 17.0 Å². The molecule has 0 atom stereocenters. The van der Waals surface area contributed by atoms with Crippen LogP contribution in [0, 0.1) is 0 Å². The summed E-state index contributed by atoms with van der Waals surface area (Å²) in [5.74, 6) is 7.32. The molecule has 0 aliphatic carbocycles. The Labute approximate surface area is 180 Å². The van der Waals surface area contributed by atoms with E-state index in [1.165, 1.54) is 16.4 Å². The highest BCUT2D eigenvalue weighted by molar-refractivity contribution is 7.99. The lowest BCUT2D eigenvalue weighted by atomic mass is 10.2. The summed E-state index contributed by atoms with van der Waals surface area (Å²) in [5.41, 5.74) is 2.96. The van der Waals surface area contributed by atoms with E-state index in [1.54, 1.807) is 13.3 Å². The van der Waals surface area contributed by atoms with Gasteiger partial charge in [-0.05, 0) is 24.3 Å². The van der Waals surface area contributed by atoms with Gasteiger partial charge in [-0.1, -0.05) is 42.1 Å². The molecule has 4 rings (SSSR count). The van der Waals surface area contributed by atoms with Gasteiger partial charge in [0.25, 0.3) is 0 Å². The summed E-state index contributed by atoms with van der Waals surface area (Å²) in [7, 11) is 1.66. The molecule has 1 aromatic heterocycles. The molecule has 2 N–H and O–H groups in total. The molecule has 7 nitrogen and oxygen atoms in total. The third-order valence-electron chi connectivity index (χ3n) is 5.16. The number of piperazine rings is 1. The summed E-state index contributed by atoms with van der Waals surface area (Å²) < 4.78 is 6.70. The van der Waals surface area contributed by atoms with Gasteiger partial charge in [-0.25, -0.2) is 9.66 Å². The van der Waals surface area contributed by atoms with Gasteiger partial charge in [-0.2, -0.15) is 0 Å². The number of ether oxygens (including phenoxy) is 1. The van der Waals surface area contributed by atoms with Gasteiger partial charge >= 0.3 is 0 Å². The van der Waals surface area contributed by atoms with Crippen molar-refractivity contribution >= 4 is 23.4 Å². The highest BCUT2D eigenvalue weighted by Gasteiger charge is 2.22. The molecule has 1 fully saturated rings. The number of carbonyl (C=O) groups is 1. The van der Waals surface area contributed by atoms with Gasteiger partial charge in [0.05, 0.1) is 24.8 Å². The van der Waals surface area contributed by atoms with Gasteiger partial charge in [-0.15, -0.1) is 0 Å². The fourth-order valence-corrected chi connectivity index (χ4v) is 4.26. The number of nitrogen functional groups attached to an aromatic ring is 1. The standard InChI is InChI=1S/C22H25N5O2S/c1-29-19-9-7-18(8-10-19)25-11-13-26(14-12-25)21(28)16-30-22-24-20(15-27(22)23)17-5-3-2-4-6-17/h2-10,15H,11-14,16,23H2,1H3. The Hall–Kier alpha value is -3.13. The number of hydrogen-bond donors (Lipinski definition) is 1. The molecule has 2 aromatic carbocycles. The molecular weight excluding hydrogens is 398 g/mol. The van der Waals surface area contributed by atoms with Gasteiger partial charge in [0.2, 0.25) is 5.91 Å². The van der Waals surface area contributed by atoms with Crippen LogP contribution >= 0.6 is 11.8 Å². The summed E-state index contributed by atoms with van der Waals surface area (Å²) in [5, 5.41) is 0.638. The van der Waals surface area contributed by atoms with E-state index >= 15 is 0 Å². The average molecular weight is 424 g/mol. The number of imidazole rings is 1. The van der Waals surface area contributed by atoms with Crippen molar-refractivity contribution in [3.05, 3.63) is 60.8 Å². The Morgan fingerprint density at radius 2 is 1.77 bits per heavy atom. The van der Waals surface area contributed by atoms with Gasteiger partial charge in [-0.3, -0.25) is 4.79 Å². The lowest BCUT2D eigenvalue weighted by molar-refractivity contribution is -0.128. The maximum absolute atomic E-state index is 12.7. The lowest BCUT2D eigenvalue weighted by Crippen LogP contribution is -2.49. The van der Waals surface area contributed by atoms with Crippen molar-refractivity contribution < 1.29 is 9.53 Å². The first-order valence-corrected chi connectivity index (χ1v) is 10.8. The Bertz CT molecular complexity index is 983.